The first-order valence-corrected chi connectivity index (χ1v) is 6.39. The van der Waals surface area contributed by atoms with Gasteiger partial charge in [-0.05, 0) is 33.3 Å². The molecule has 0 spiro atoms. The van der Waals surface area contributed by atoms with Crippen LogP contribution in [0.2, 0.25) is 0 Å². The van der Waals surface area contributed by atoms with Crippen molar-refractivity contribution >= 4 is 17.9 Å². The third-order valence-corrected chi connectivity index (χ3v) is 3.72. The molecule has 0 fully saturated rings. The lowest BCUT2D eigenvalue weighted by Crippen LogP contribution is -2.41. The van der Waals surface area contributed by atoms with Gasteiger partial charge in [-0.15, -0.1) is 0 Å². The number of carbonyl (C=O) groups is 1. The minimum Gasteiger partial charge on any atom is -0.478 e. The van der Waals surface area contributed by atoms with E-state index in [4.69, 9.17) is 5.11 Å². The maximum Gasteiger partial charge on any atom is 0.328 e. The zero-order chi connectivity index (χ0) is 14.8. The van der Waals surface area contributed by atoms with Gasteiger partial charge in [0.25, 0.3) is 0 Å². The summed E-state index contributed by atoms with van der Waals surface area (Å²) in [5.74, 6) is -0.0199. The number of carboxylic acid groups (broad SMARTS) is 1. The van der Waals surface area contributed by atoms with Crippen LogP contribution in [0.15, 0.2) is 6.08 Å². The summed E-state index contributed by atoms with van der Waals surface area (Å²) >= 11 is 0. The number of nitrogens with zero attached hydrogens (tertiary/aromatic N) is 3. The third-order valence-electron chi connectivity index (χ3n) is 3.72. The summed E-state index contributed by atoms with van der Waals surface area (Å²) in [5, 5.41) is 13.2. The van der Waals surface area contributed by atoms with Crippen LogP contribution >= 0.6 is 0 Å². The standard InChI is InChI=1S/C14H23N3O2/c1-7-14(3,4)16(5)13-11(8-9-12(18)19)10(2)15-17(13)6/h8-9H,7H2,1-6H3,(H,18,19). The monoisotopic (exact) mass is 265 g/mol. The number of anilines is 1. The van der Waals surface area contributed by atoms with E-state index in [0.717, 1.165) is 29.6 Å². The maximum atomic E-state index is 10.7. The molecule has 19 heavy (non-hydrogen) atoms. The second kappa shape index (κ2) is 5.47. The first kappa shape index (κ1) is 15.3. The topological polar surface area (TPSA) is 58.4 Å². The van der Waals surface area contributed by atoms with Crippen molar-refractivity contribution in [3.8, 4) is 0 Å². The minimum absolute atomic E-state index is 0.0218. The molecule has 5 nitrogen and oxygen atoms in total. The van der Waals surface area contributed by atoms with Crippen molar-refractivity contribution in [1.82, 2.24) is 9.78 Å². The Labute approximate surface area is 114 Å². The van der Waals surface area contributed by atoms with E-state index in [2.05, 4.69) is 30.8 Å². The number of hydrogen-bond acceptors (Lipinski definition) is 3. The summed E-state index contributed by atoms with van der Waals surface area (Å²) in [7, 11) is 3.89. The molecule has 1 aromatic rings. The zero-order valence-electron chi connectivity index (χ0n) is 12.6. The predicted molar refractivity (Wildman–Crippen MR) is 77.4 cm³/mol. The van der Waals surface area contributed by atoms with E-state index in [9.17, 15) is 4.79 Å². The molecule has 0 aliphatic rings. The highest BCUT2D eigenvalue weighted by molar-refractivity contribution is 5.87. The van der Waals surface area contributed by atoms with Gasteiger partial charge < -0.3 is 10.0 Å². The molecule has 0 aliphatic carbocycles. The molecular weight excluding hydrogens is 242 g/mol. The van der Waals surface area contributed by atoms with E-state index in [1.54, 1.807) is 10.8 Å². The molecule has 0 aliphatic heterocycles. The van der Waals surface area contributed by atoms with Crippen LogP contribution in [-0.4, -0.2) is 33.4 Å². The van der Waals surface area contributed by atoms with Gasteiger partial charge in [-0.3, -0.25) is 4.68 Å². The first-order valence-electron chi connectivity index (χ1n) is 6.39. The van der Waals surface area contributed by atoms with Gasteiger partial charge in [0.1, 0.15) is 5.82 Å². The van der Waals surface area contributed by atoms with Crippen LogP contribution in [0.3, 0.4) is 0 Å². The molecule has 1 N–H and O–H groups in total. The van der Waals surface area contributed by atoms with E-state index in [1.807, 2.05) is 21.0 Å². The van der Waals surface area contributed by atoms with Gasteiger partial charge in [-0.25, -0.2) is 4.79 Å². The molecule has 0 unspecified atom stereocenters. The Kier molecular flexibility index (Phi) is 4.39. The fraction of sp³-hybridized carbons (Fsp3) is 0.571. The molecule has 1 aromatic heterocycles. The molecule has 0 radical (unpaired) electrons. The van der Waals surface area contributed by atoms with Gasteiger partial charge >= 0.3 is 5.97 Å². The van der Waals surface area contributed by atoms with E-state index in [0.29, 0.717) is 0 Å². The fourth-order valence-electron chi connectivity index (χ4n) is 1.93. The van der Waals surface area contributed by atoms with E-state index in [-0.39, 0.29) is 5.54 Å². The van der Waals surface area contributed by atoms with Gasteiger partial charge in [0.2, 0.25) is 0 Å². The second-order valence-electron chi connectivity index (χ2n) is 5.34. The average Bonchev–Trinajstić information content (AvgIpc) is 2.60. The fourth-order valence-corrected chi connectivity index (χ4v) is 1.93. The lowest BCUT2D eigenvalue weighted by molar-refractivity contribution is -0.131. The van der Waals surface area contributed by atoms with Crippen LogP contribution in [0.5, 0.6) is 0 Å². The van der Waals surface area contributed by atoms with Crippen molar-refractivity contribution in [3.63, 3.8) is 0 Å². The summed E-state index contributed by atoms with van der Waals surface area (Å²) in [6, 6.07) is 0. The van der Waals surface area contributed by atoms with Crippen molar-refractivity contribution in [2.45, 2.75) is 39.7 Å². The highest BCUT2D eigenvalue weighted by Gasteiger charge is 2.26. The van der Waals surface area contributed by atoms with Crippen LogP contribution in [0.1, 0.15) is 38.4 Å². The van der Waals surface area contributed by atoms with Gasteiger partial charge in [-0.2, -0.15) is 5.10 Å². The van der Waals surface area contributed by atoms with E-state index >= 15 is 0 Å². The number of rotatable bonds is 5. The van der Waals surface area contributed by atoms with Crippen LogP contribution in [-0.2, 0) is 11.8 Å². The molecule has 0 aromatic carbocycles. The highest BCUT2D eigenvalue weighted by Crippen LogP contribution is 2.30. The number of aromatic nitrogens is 2. The summed E-state index contributed by atoms with van der Waals surface area (Å²) in [5.41, 5.74) is 1.66. The molecule has 5 heteroatoms. The van der Waals surface area contributed by atoms with Gasteiger partial charge in [0.05, 0.1) is 5.69 Å². The molecule has 0 atom stereocenters. The van der Waals surface area contributed by atoms with Crippen LogP contribution in [0, 0.1) is 6.92 Å². The van der Waals surface area contributed by atoms with Gasteiger partial charge in [0.15, 0.2) is 0 Å². The van der Waals surface area contributed by atoms with Crippen molar-refractivity contribution in [1.29, 1.82) is 0 Å². The quantitative estimate of drug-likeness (QED) is 0.831. The Morgan fingerprint density at radius 3 is 2.58 bits per heavy atom. The van der Waals surface area contributed by atoms with Crippen molar-refractivity contribution in [3.05, 3.63) is 17.3 Å². The molecule has 0 amide bonds. The lowest BCUT2D eigenvalue weighted by Gasteiger charge is -2.36. The summed E-state index contributed by atoms with van der Waals surface area (Å²) in [4.78, 5) is 12.8. The summed E-state index contributed by atoms with van der Waals surface area (Å²) in [6.07, 6.45) is 3.75. The summed E-state index contributed by atoms with van der Waals surface area (Å²) in [6.45, 7) is 8.32. The molecular formula is C14H23N3O2. The molecule has 106 valence electrons. The van der Waals surface area contributed by atoms with Crippen molar-refractivity contribution in [2.24, 2.45) is 7.05 Å². The normalized spacial score (nSPS) is 12.1. The Bertz CT molecular complexity index is 501. The van der Waals surface area contributed by atoms with Crippen LogP contribution in [0.4, 0.5) is 5.82 Å². The maximum absolute atomic E-state index is 10.7. The van der Waals surface area contributed by atoms with Crippen molar-refractivity contribution in [2.75, 3.05) is 11.9 Å². The Balaban J connectivity index is 3.31. The van der Waals surface area contributed by atoms with Gasteiger partial charge in [0, 0.05) is 31.3 Å². The Morgan fingerprint density at radius 2 is 2.11 bits per heavy atom. The highest BCUT2D eigenvalue weighted by atomic mass is 16.4. The van der Waals surface area contributed by atoms with Crippen LogP contribution in [0.25, 0.3) is 6.08 Å². The molecule has 0 bridgehead atoms. The number of aliphatic carboxylic acids is 1. The lowest BCUT2D eigenvalue weighted by atomic mass is 9.99. The molecule has 0 saturated carbocycles. The number of hydrogen-bond donors (Lipinski definition) is 1. The predicted octanol–water partition coefficient (Wildman–Crippen LogP) is 2.45. The first-order chi connectivity index (χ1) is 8.70. The van der Waals surface area contributed by atoms with Crippen molar-refractivity contribution < 1.29 is 9.90 Å². The Hall–Kier alpha value is -1.78. The van der Waals surface area contributed by atoms with Gasteiger partial charge in [-0.1, -0.05) is 6.92 Å². The second-order valence-corrected chi connectivity index (χ2v) is 5.34. The number of carboxylic acids is 1. The van der Waals surface area contributed by atoms with E-state index in [1.165, 1.54) is 0 Å². The molecule has 1 rings (SSSR count). The van der Waals surface area contributed by atoms with E-state index < -0.39 is 5.97 Å². The smallest absolute Gasteiger partial charge is 0.328 e. The zero-order valence-corrected chi connectivity index (χ0v) is 12.6. The Morgan fingerprint density at radius 1 is 1.53 bits per heavy atom. The third kappa shape index (κ3) is 3.16. The number of aryl methyl sites for hydroxylation is 2. The average molecular weight is 265 g/mol. The molecule has 0 saturated heterocycles. The van der Waals surface area contributed by atoms with Crippen LogP contribution < -0.4 is 4.90 Å². The summed E-state index contributed by atoms with van der Waals surface area (Å²) < 4.78 is 1.80. The SMILES string of the molecule is CCC(C)(C)N(C)c1c(C=CC(=O)O)c(C)nn1C. The molecule has 1 heterocycles. The largest absolute Gasteiger partial charge is 0.478 e. The minimum atomic E-state index is -0.952.